The summed E-state index contributed by atoms with van der Waals surface area (Å²) < 4.78 is 5.81. The van der Waals surface area contributed by atoms with Crippen molar-refractivity contribution in [3.63, 3.8) is 0 Å². The van der Waals surface area contributed by atoms with Gasteiger partial charge in [0.15, 0.2) is 0 Å². The summed E-state index contributed by atoms with van der Waals surface area (Å²) in [6, 6.07) is 20.6. The third-order valence-corrected chi connectivity index (χ3v) is 7.01. The number of benzene rings is 3. The number of nitrogens with zero attached hydrogens (tertiary/aromatic N) is 1. The van der Waals surface area contributed by atoms with E-state index in [1.807, 2.05) is 30.3 Å². The molecule has 0 fully saturated rings. The van der Waals surface area contributed by atoms with Gasteiger partial charge in [-0.1, -0.05) is 55.3 Å². The largest absolute Gasteiger partial charge is 0.508 e. The number of nitrogens with one attached hydrogen (secondary N) is 2. The fourth-order valence-corrected chi connectivity index (χ4v) is 4.67. The van der Waals surface area contributed by atoms with Crippen molar-refractivity contribution in [2.45, 2.75) is 64.6 Å². The van der Waals surface area contributed by atoms with Crippen molar-refractivity contribution in [2.75, 3.05) is 36.7 Å². The van der Waals surface area contributed by atoms with Crippen LogP contribution < -0.4 is 15.7 Å². The van der Waals surface area contributed by atoms with E-state index >= 15 is 0 Å². The zero-order chi connectivity index (χ0) is 31.6. The van der Waals surface area contributed by atoms with Gasteiger partial charge < -0.3 is 35.5 Å². The minimum atomic E-state index is -0.699. The first-order chi connectivity index (χ1) is 21.4. The molecule has 1 atom stereocenters. The van der Waals surface area contributed by atoms with Crippen LogP contribution in [0.2, 0.25) is 0 Å². The number of urea groups is 1. The van der Waals surface area contributed by atoms with Gasteiger partial charge in [0, 0.05) is 37.9 Å². The first kappa shape index (κ1) is 34.5. The van der Waals surface area contributed by atoms with Crippen molar-refractivity contribution < 1.29 is 34.5 Å². The van der Waals surface area contributed by atoms with Gasteiger partial charge in [-0.3, -0.25) is 0 Å². The lowest BCUT2D eigenvalue weighted by atomic mass is 10.1. The maximum Gasteiger partial charge on any atom is 0.359 e. The summed E-state index contributed by atoms with van der Waals surface area (Å²) in [7, 11) is 0. The van der Waals surface area contributed by atoms with Gasteiger partial charge in [-0.25, -0.2) is 9.59 Å². The van der Waals surface area contributed by atoms with Crippen molar-refractivity contribution >= 4 is 23.4 Å². The molecule has 3 aromatic carbocycles. The Morgan fingerprint density at radius 3 is 2.32 bits per heavy atom. The lowest BCUT2D eigenvalue weighted by Crippen LogP contribution is -2.37. The normalized spacial score (nSPS) is 11.6. The first-order valence-corrected chi connectivity index (χ1v) is 15.2. The van der Waals surface area contributed by atoms with Gasteiger partial charge in [0.05, 0.1) is 18.4 Å². The van der Waals surface area contributed by atoms with Crippen LogP contribution in [0, 0.1) is 0 Å². The average Bonchev–Trinajstić information content (AvgIpc) is 3.02. The highest BCUT2D eigenvalue weighted by molar-refractivity contribution is 6.01. The Bertz CT molecular complexity index is 1290. The molecule has 5 N–H and O–H groups in total. The number of rotatable bonds is 18. The van der Waals surface area contributed by atoms with Crippen LogP contribution in [0.4, 0.5) is 16.2 Å². The molecule has 0 radical (unpaired) electrons. The van der Waals surface area contributed by atoms with Crippen LogP contribution in [0.25, 0.3) is 0 Å². The molecule has 0 saturated carbocycles. The Labute approximate surface area is 259 Å². The van der Waals surface area contributed by atoms with Crippen LogP contribution >= 0.6 is 0 Å². The van der Waals surface area contributed by atoms with Crippen LogP contribution in [0.5, 0.6) is 5.75 Å². The molecule has 10 nitrogen and oxygen atoms in total. The molecule has 0 aliphatic carbocycles. The van der Waals surface area contributed by atoms with Crippen molar-refractivity contribution in [3.8, 4) is 5.75 Å². The van der Waals surface area contributed by atoms with Gasteiger partial charge in [-0.05, 0) is 80.1 Å². The Balaban J connectivity index is 1.28. The summed E-state index contributed by atoms with van der Waals surface area (Å²) in [4.78, 5) is 30.1. The molecule has 0 spiro atoms. The monoisotopic (exact) mass is 607 g/mol. The number of aromatic hydroxyl groups is 1. The van der Waals surface area contributed by atoms with E-state index in [0.717, 1.165) is 55.7 Å². The van der Waals surface area contributed by atoms with Gasteiger partial charge >= 0.3 is 12.0 Å². The molecular weight excluding hydrogens is 562 g/mol. The van der Waals surface area contributed by atoms with E-state index in [2.05, 4.69) is 10.6 Å². The number of hydrogen-bond donors (Lipinski definition) is 5. The number of carbonyl (C=O) groups is 2. The number of aryl methyl sites for hydroxylation is 1. The van der Waals surface area contributed by atoms with E-state index in [4.69, 9.17) is 9.57 Å². The summed E-state index contributed by atoms with van der Waals surface area (Å²) in [5, 5.41) is 36.3. The molecule has 0 unspecified atom stereocenters. The topological polar surface area (TPSA) is 141 Å². The number of hydrogen-bond acceptors (Lipinski definition) is 8. The summed E-state index contributed by atoms with van der Waals surface area (Å²) in [6.45, 7) is 3.56. The molecule has 2 amide bonds. The number of amides is 2. The summed E-state index contributed by atoms with van der Waals surface area (Å²) in [6.07, 6.45) is 5.83. The van der Waals surface area contributed by atoms with E-state index in [0.29, 0.717) is 48.7 Å². The Hall–Kier alpha value is -3.96. The number of aliphatic hydroxyl groups excluding tert-OH is 2. The predicted molar refractivity (Wildman–Crippen MR) is 170 cm³/mol. The molecule has 10 heteroatoms. The zero-order valence-electron chi connectivity index (χ0n) is 25.4. The van der Waals surface area contributed by atoms with E-state index in [1.54, 1.807) is 36.4 Å². The fraction of sp³-hybridized carbons (Fsp3) is 0.412. The van der Waals surface area contributed by atoms with Gasteiger partial charge in [-0.2, -0.15) is 0 Å². The van der Waals surface area contributed by atoms with E-state index < -0.39 is 18.1 Å². The smallest absolute Gasteiger partial charge is 0.359 e. The Morgan fingerprint density at radius 1 is 0.864 bits per heavy atom. The fourth-order valence-electron chi connectivity index (χ4n) is 4.67. The third kappa shape index (κ3) is 12.0. The highest BCUT2D eigenvalue weighted by atomic mass is 16.7. The van der Waals surface area contributed by atoms with Crippen LogP contribution in [0.3, 0.4) is 0 Å². The van der Waals surface area contributed by atoms with Gasteiger partial charge in [0.1, 0.15) is 5.75 Å². The average molecular weight is 608 g/mol. The lowest BCUT2D eigenvalue weighted by Gasteiger charge is -2.23. The molecule has 0 heterocycles. The van der Waals surface area contributed by atoms with E-state index in [1.165, 1.54) is 13.0 Å². The number of carbonyl (C=O) groups excluding carboxylic acids is 2. The molecule has 3 rings (SSSR count). The molecule has 0 aliphatic heterocycles. The molecule has 3 aromatic rings. The third-order valence-electron chi connectivity index (χ3n) is 7.01. The first-order valence-electron chi connectivity index (χ1n) is 15.2. The maximum atomic E-state index is 13.0. The second-order valence-electron chi connectivity index (χ2n) is 10.6. The predicted octanol–water partition coefficient (Wildman–Crippen LogP) is 5.62. The van der Waals surface area contributed by atoms with Crippen molar-refractivity contribution in [1.29, 1.82) is 0 Å². The van der Waals surface area contributed by atoms with E-state index in [-0.39, 0.29) is 12.4 Å². The minimum Gasteiger partial charge on any atom is -0.508 e. The molecule has 0 aliphatic rings. The highest BCUT2D eigenvalue weighted by Crippen LogP contribution is 2.25. The molecule has 238 valence electrons. The molecule has 0 saturated heterocycles. The van der Waals surface area contributed by atoms with Crippen LogP contribution in [0.15, 0.2) is 72.8 Å². The minimum absolute atomic E-state index is 0.0256. The van der Waals surface area contributed by atoms with E-state index in [9.17, 15) is 24.9 Å². The number of para-hydroxylation sites is 2. The van der Waals surface area contributed by atoms with Gasteiger partial charge in [0.25, 0.3) is 0 Å². The summed E-state index contributed by atoms with van der Waals surface area (Å²) in [5.41, 5.74) is 3.09. The highest BCUT2D eigenvalue weighted by Gasteiger charge is 2.22. The Morgan fingerprint density at radius 2 is 1.57 bits per heavy atom. The van der Waals surface area contributed by atoms with Crippen molar-refractivity contribution in [2.24, 2.45) is 0 Å². The summed E-state index contributed by atoms with van der Waals surface area (Å²) in [5.74, 6) is -0.562. The van der Waals surface area contributed by atoms with Crippen LogP contribution in [0.1, 0.15) is 68.2 Å². The quantitative estimate of drug-likeness (QED) is 0.0927. The molecular formula is C34H45N3O7. The standard InChI is InChI=1S/C34H45N3O7/c1-26(39)44-37(34(42)36-30-15-5-4-6-16-30)31-17-8-7-13-27(31)14-9-12-22-43-21-11-3-2-10-20-35-24-33(41)28-18-19-32(40)29(23-28)25-38/h4-8,13,15-19,23,33,35,38,40-41H,2-3,9-12,14,20-22,24-25H2,1H3,(H,36,42)/t33-/m1/s1. The zero-order valence-corrected chi connectivity index (χ0v) is 25.4. The van der Waals surface area contributed by atoms with Crippen LogP contribution in [-0.2, 0) is 27.4 Å². The molecule has 0 aromatic heterocycles. The Kier molecular flexibility index (Phi) is 15.2. The van der Waals surface area contributed by atoms with Crippen LogP contribution in [-0.4, -0.2) is 53.6 Å². The SMILES string of the molecule is CC(=O)ON(C(=O)Nc1ccccc1)c1ccccc1CCCCOCCCCCCNC[C@@H](O)c1ccc(O)c(CO)c1. The number of phenols is 1. The number of aliphatic hydroxyl groups is 2. The number of anilines is 2. The van der Waals surface area contributed by atoms with Gasteiger partial charge in [-0.15, -0.1) is 5.06 Å². The number of hydroxylamine groups is 1. The lowest BCUT2D eigenvalue weighted by molar-refractivity contribution is -0.141. The number of unbranched alkanes of at least 4 members (excludes halogenated alkanes) is 4. The second-order valence-corrected chi connectivity index (χ2v) is 10.6. The van der Waals surface area contributed by atoms with Gasteiger partial charge in [0.2, 0.25) is 0 Å². The van der Waals surface area contributed by atoms with Crippen molar-refractivity contribution in [3.05, 3.63) is 89.5 Å². The second kappa shape index (κ2) is 19.3. The number of ether oxygens (including phenoxy) is 1. The summed E-state index contributed by atoms with van der Waals surface area (Å²) >= 11 is 0. The maximum absolute atomic E-state index is 13.0. The van der Waals surface area contributed by atoms with Crippen molar-refractivity contribution in [1.82, 2.24) is 5.32 Å². The molecule has 44 heavy (non-hydrogen) atoms. The molecule has 0 bridgehead atoms.